The molecule has 0 radical (unpaired) electrons. The largest absolute Gasteiger partial charge is 0.381 e. The minimum atomic E-state index is -4.23. The Kier molecular flexibility index (Phi) is 8.98. The van der Waals surface area contributed by atoms with Gasteiger partial charge in [-0.15, -0.1) is 0 Å². The van der Waals surface area contributed by atoms with E-state index >= 15 is 0 Å². The van der Waals surface area contributed by atoms with Crippen LogP contribution in [0.5, 0.6) is 0 Å². The number of hydrogen-bond acceptors (Lipinski definition) is 5. The first-order chi connectivity index (χ1) is 17.1. The van der Waals surface area contributed by atoms with Gasteiger partial charge in [0.2, 0.25) is 15.9 Å². The Balaban J connectivity index is 1.84. The van der Waals surface area contributed by atoms with Gasteiger partial charge in [0.1, 0.15) is 6.04 Å². The molecule has 0 heterocycles. The lowest BCUT2D eigenvalue weighted by Gasteiger charge is -2.26. The molecule has 8 nitrogen and oxygen atoms in total. The number of aryl methyl sites for hydroxylation is 1. The molecule has 4 N–H and O–H groups in total. The molecule has 0 bridgehead atoms. The van der Waals surface area contributed by atoms with Crippen molar-refractivity contribution in [2.24, 2.45) is 0 Å². The lowest BCUT2D eigenvalue weighted by molar-refractivity contribution is -0.137. The third-order valence-electron chi connectivity index (χ3n) is 5.80. The average Bonchev–Trinajstić information content (AvgIpc) is 2.88. The average molecular weight is 510 g/mol. The van der Waals surface area contributed by atoms with Crippen LogP contribution in [0.25, 0.3) is 0 Å². The van der Waals surface area contributed by atoms with E-state index in [1.54, 1.807) is 38.1 Å². The van der Waals surface area contributed by atoms with E-state index in [1.165, 1.54) is 12.1 Å². The van der Waals surface area contributed by atoms with Gasteiger partial charge in [0.25, 0.3) is 5.91 Å². The molecule has 2 amide bonds. The summed E-state index contributed by atoms with van der Waals surface area (Å²) in [6, 6.07) is 21.4. The number of amides is 2. The van der Waals surface area contributed by atoms with E-state index in [2.05, 4.69) is 15.4 Å². The second-order valence-corrected chi connectivity index (χ2v) is 10.4. The zero-order valence-corrected chi connectivity index (χ0v) is 21.2. The van der Waals surface area contributed by atoms with Crippen molar-refractivity contribution in [2.75, 3.05) is 0 Å². The highest BCUT2D eigenvalue weighted by atomic mass is 32.2. The first kappa shape index (κ1) is 27.1. The SMILES string of the molecule is Cc1ccc(S(=O)(=O)NC(C(=O)N[C@@H](C)c2ccccc2)C(O)C(=O)N[C@@H](C)c2ccccc2)cc1. The minimum absolute atomic E-state index is 0.0905. The van der Waals surface area contributed by atoms with Crippen LogP contribution in [0.3, 0.4) is 0 Å². The summed E-state index contributed by atoms with van der Waals surface area (Å²) in [4.78, 5) is 26.0. The minimum Gasteiger partial charge on any atom is -0.381 e. The molecule has 0 saturated heterocycles. The first-order valence-electron chi connectivity index (χ1n) is 11.6. The Bertz CT molecular complexity index is 1270. The predicted molar refractivity (Wildman–Crippen MR) is 137 cm³/mol. The number of aliphatic hydroxyl groups is 1. The third-order valence-corrected chi connectivity index (χ3v) is 7.25. The number of sulfonamides is 1. The molecule has 0 aliphatic carbocycles. The van der Waals surface area contributed by atoms with E-state index in [1.807, 2.05) is 55.5 Å². The highest BCUT2D eigenvalue weighted by Crippen LogP contribution is 2.16. The molecule has 9 heteroatoms. The second kappa shape index (κ2) is 11.9. The monoisotopic (exact) mass is 509 g/mol. The van der Waals surface area contributed by atoms with Crippen LogP contribution >= 0.6 is 0 Å². The molecule has 3 rings (SSSR count). The Morgan fingerprint density at radius 1 is 0.722 bits per heavy atom. The number of aliphatic hydroxyl groups excluding tert-OH is 1. The van der Waals surface area contributed by atoms with Crippen LogP contribution in [0.4, 0.5) is 0 Å². The topological polar surface area (TPSA) is 125 Å². The molecule has 3 aromatic carbocycles. The van der Waals surface area contributed by atoms with Gasteiger partial charge in [0.05, 0.1) is 17.0 Å². The zero-order valence-electron chi connectivity index (χ0n) is 20.4. The maximum atomic E-state index is 13.2. The summed E-state index contributed by atoms with van der Waals surface area (Å²) < 4.78 is 28.3. The lowest BCUT2D eigenvalue weighted by Crippen LogP contribution is -2.58. The van der Waals surface area contributed by atoms with Gasteiger partial charge in [0, 0.05) is 0 Å². The summed E-state index contributed by atoms with van der Waals surface area (Å²) in [7, 11) is -4.23. The molecule has 4 atom stereocenters. The Labute approximate surface area is 211 Å². The summed E-state index contributed by atoms with van der Waals surface area (Å²) in [6.07, 6.45) is -1.99. The van der Waals surface area contributed by atoms with Gasteiger partial charge in [-0.3, -0.25) is 9.59 Å². The second-order valence-electron chi connectivity index (χ2n) is 8.64. The van der Waals surface area contributed by atoms with E-state index < -0.39 is 46.1 Å². The van der Waals surface area contributed by atoms with Gasteiger partial charge < -0.3 is 15.7 Å². The Hall–Kier alpha value is -3.53. The maximum absolute atomic E-state index is 13.2. The molecular formula is C27H31N3O5S. The molecule has 0 fully saturated rings. The van der Waals surface area contributed by atoms with Crippen molar-refractivity contribution >= 4 is 21.8 Å². The Morgan fingerprint density at radius 2 is 1.17 bits per heavy atom. The summed E-state index contributed by atoms with van der Waals surface area (Å²) >= 11 is 0. The molecule has 2 unspecified atom stereocenters. The summed E-state index contributed by atoms with van der Waals surface area (Å²) in [5, 5.41) is 16.2. The van der Waals surface area contributed by atoms with Crippen LogP contribution in [0.1, 0.15) is 42.6 Å². The lowest BCUT2D eigenvalue weighted by atomic mass is 10.1. The maximum Gasteiger partial charge on any atom is 0.251 e. The van der Waals surface area contributed by atoms with Crippen molar-refractivity contribution in [2.45, 2.75) is 49.9 Å². The molecule has 0 aromatic heterocycles. The van der Waals surface area contributed by atoms with Crippen LogP contribution in [0, 0.1) is 6.92 Å². The Morgan fingerprint density at radius 3 is 1.64 bits per heavy atom. The zero-order chi connectivity index (χ0) is 26.3. The summed E-state index contributed by atoms with van der Waals surface area (Å²) in [5.41, 5.74) is 2.42. The van der Waals surface area contributed by atoms with Gasteiger partial charge in [-0.25, -0.2) is 8.42 Å². The third kappa shape index (κ3) is 7.00. The number of carbonyl (C=O) groups is 2. The fourth-order valence-electron chi connectivity index (χ4n) is 3.62. The van der Waals surface area contributed by atoms with Crippen molar-refractivity contribution in [1.29, 1.82) is 0 Å². The number of hydrogen-bond donors (Lipinski definition) is 4. The van der Waals surface area contributed by atoms with Crippen molar-refractivity contribution in [3.8, 4) is 0 Å². The summed E-state index contributed by atoms with van der Waals surface area (Å²) in [6.45, 7) is 5.26. The number of rotatable bonds is 10. The van der Waals surface area contributed by atoms with Gasteiger partial charge in [-0.1, -0.05) is 78.4 Å². The fraction of sp³-hybridized carbons (Fsp3) is 0.259. The smallest absolute Gasteiger partial charge is 0.251 e. The molecule has 0 aliphatic heterocycles. The van der Waals surface area contributed by atoms with Crippen molar-refractivity contribution in [1.82, 2.24) is 15.4 Å². The van der Waals surface area contributed by atoms with Crippen molar-refractivity contribution in [3.63, 3.8) is 0 Å². The van der Waals surface area contributed by atoms with Crippen LogP contribution in [-0.4, -0.2) is 37.5 Å². The van der Waals surface area contributed by atoms with E-state index in [0.717, 1.165) is 16.7 Å². The highest BCUT2D eigenvalue weighted by molar-refractivity contribution is 7.89. The van der Waals surface area contributed by atoms with Gasteiger partial charge in [-0.05, 0) is 44.0 Å². The molecular weight excluding hydrogens is 478 g/mol. The van der Waals surface area contributed by atoms with Gasteiger partial charge in [0.15, 0.2) is 6.10 Å². The standard InChI is InChI=1S/C27H31N3O5S/c1-18-14-16-23(17-15-18)36(34,35)30-24(26(32)28-19(2)21-10-6-4-7-11-21)25(31)27(33)29-20(3)22-12-8-5-9-13-22/h4-17,19-20,24-25,30-31H,1-3H3,(H,28,32)(H,29,33)/t19-,20-,24?,25?/m0/s1. The van der Waals surface area contributed by atoms with E-state index in [-0.39, 0.29) is 4.90 Å². The number of nitrogens with one attached hydrogen (secondary N) is 3. The first-order valence-corrected chi connectivity index (χ1v) is 13.0. The van der Waals surface area contributed by atoms with Gasteiger partial charge >= 0.3 is 0 Å². The number of benzene rings is 3. The summed E-state index contributed by atoms with van der Waals surface area (Å²) in [5.74, 6) is -1.72. The predicted octanol–water partition coefficient (Wildman–Crippen LogP) is 2.76. The normalized spacial score (nSPS) is 14.8. The molecule has 3 aromatic rings. The molecule has 0 aliphatic rings. The van der Waals surface area contributed by atoms with Crippen molar-refractivity contribution < 1.29 is 23.1 Å². The molecule has 0 saturated carbocycles. The number of carbonyl (C=O) groups excluding carboxylic acids is 2. The fourth-order valence-corrected chi connectivity index (χ4v) is 4.82. The van der Waals surface area contributed by atoms with Crippen LogP contribution in [0.2, 0.25) is 0 Å². The van der Waals surface area contributed by atoms with E-state index in [0.29, 0.717) is 0 Å². The molecule has 190 valence electrons. The van der Waals surface area contributed by atoms with Gasteiger partial charge in [-0.2, -0.15) is 4.72 Å². The highest BCUT2D eigenvalue weighted by Gasteiger charge is 2.37. The van der Waals surface area contributed by atoms with Crippen LogP contribution in [0.15, 0.2) is 89.8 Å². The van der Waals surface area contributed by atoms with E-state index in [4.69, 9.17) is 0 Å². The van der Waals surface area contributed by atoms with E-state index in [9.17, 15) is 23.1 Å². The quantitative estimate of drug-likeness (QED) is 0.335. The molecule has 0 spiro atoms. The van der Waals surface area contributed by atoms with Crippen LogP contribution < -0.4 is 15.4 Å². The van der Waals surface area contributed by atoms with Crippen LogP contribution in [-0.2, 0) is 19.6 Å². The van der Waals surface area contributed by atoms with Crippen molar-refractivity contribution in [3.05, 3.63) is 102 Å². The molecule has 36 heavy (non-hydrogen) atoms.